The van der Waals surface area contributed by atoms with E-state index in [4.69, 9.17) is 4.43 Å². The van der Waals surface area contributed by atoms with Gasteiger partial charge >= 0.3 is 5.97 Å². The van der Waals surface area contributed by atoms with Gasteiger partial charge in [0.1, 0.15) is 0 Å². The van der Waals surface area contributed by atoms with Crippen LogP contribution in [0.5, 0.6) is 0 Å². The molecule has 0 aromatic heterocycles. The van der Waals surface area contributed by atoms with Crippen molar-refractivity contribution in [3.05, 3.63) is 24.3 Å². The Morgan fingerprint density at radius 2 is 2.09 bits per heavy atom. The molecule has 0 spiro atoms. The van der Waals surface area contributed by atoms with Crippen molar-refractivity contribution >= 4 is 14.3 Å². The molecular weight excluding hydrogens is 308 g/mol. The number of hydrogen-bond acceptors (Lipinski definition) is 4. The first-order chi connectivity index (χ1) is 10.6. The van der Waals surface area contributed by atoms with Crippen LogP contribution in [0.25, 0.3) is 0 Å². The first-order valence-electron chi connectivity index (χ1n) is 8.31. The Hall–Kier alpha value is -0.913. The molecule has 23 heavy (non-hydrogen) atoms. The summed E-state index contributed by atoms with van der Waals surface area (Å²) < 4.78 is 10.9. The van der Waals surface area contributed by atoms with Crippen molar-refractivity contribution in [2.45, 2.75) is 57.8 Å². The lowest BCUT2D eigenvalue weighted by atomic mass is 9.89. The highest BCUT2D eigenvalue weighted by atomic mass is 28.4. The molecule has 0 bridgehead atoms. The van der Waals surface area contributed by atoms with Gasteiger partial charge in [0.2, 0.25) is 0 Å². The van der Waals surface area contributed by atoms with E-state index in [-0.39, 0.29) is 22.8 Å². The van der Waals surface area contributed by atoms with E-state index in [1.54, 1.807) is 6.08 Å². The Bertz CT molecular complexity index is 448. The summed E-state index contributed by atoms with van der Waals surface area (Å²) in [6, 6.07) is 0. The van der Waals surface area contributed by atoms with Crippen molar-refractivity contribution in [1.82, 2.24) is 0 Å². The SMILES string of the molecule is COC(=O)/C=C/C[C@@H](O)[C@H]1CC=C[C@@H]1CO[Si](C)(C)C(C)(C)C. The molecule has 0 heterocycles. The van der Waals surface area contributed by atoms with Gasteiger partial charge in [0, 0.05) is 18.6 Å². The minimum Gasteiger partial charge on any atom is -0.466 e. The van der Waals surface area contributed by atoms with Crippen LogP contribution < -0.4 is 0 Å². The van der Waals surface area contributed by atoms with Gasteiger partial charge in [0.05, 0.1) is 13.2 Å². The van der Waals surface area contributed by atoms with Gasteiger partial charge in [0.25, 0.3) is 0 Å². The van der Waals surface area contributed by atoms with Gasteiger partial charge in [0.15, 0.2) is 8.32 Å². The molecule has 0 amide bonds. The molecule has 5 heteroatoms. The van der Waals surface area contributed by atoms with Gasteiger partial charge in [-0.1, -0.05) is 39.0 Å². The van der Waals surface area contributed by atoms with Crippen molar-refractivity contribution in [3.63, 3.8) is 0 Å². The molecule has 0 aliphatic heterocycles. The molecule has 0 saturated heterocycles. The van der Waals surface area contributed by atoms with Crippen LogP contribution in [0.3, 0.4) is 0 Å². The fourth-order valence-corrected chi connectivity index (χ4v) is 3.46. The first kappa shape index (κ1) is 20.1. The van der Waals surface area contributed by atoms with E-state index in [1.807, 2.05) is 0 Å². The predicted molar refractivity (Wildman–Crippen MR) is 95.7 cm³/mol. The molecule has 0 saturated carbocycles. The van der Waals surface area contributed by atoms with Gasteiger partial charge in [-0.2, -0.15) is 0 Å². The summed E-state index contributed by atoms with van der Waals surface area (Å²) in [6.07, 6.45) is 8.17. The average molecular weight is 341 g/mol. The number of esters is 1. The summed E-state index contributed by atoms with van der Waals surface area (Å²) >= 11 is 0. The second-order valence-electron chi connectivity index (χ2n) is 7.79. The van der Waals surface area contributed by atoms with Crippen LogP contribution in [0.1, 0.15) is 33.6 Å². The number of methoxy groups -OCH3 is 1. The molecule has 4 nitrogen and oxygen atoms in total. The van der Waals surface area contributed by atoms with E-state index in [2.05, 4.69) is 50.8 Å². The van der Waals surface area contributed by atoms with E-state index in [0.29, 0.717) is 13.0 Å². The Morgan fingerprint density at radius 1 is 1.43 bits per heavy atom. The molecule has 1 aliphatic carbocycles. The zero-order chi connectivity index (χ0) is 17.7. The van der Waals surface area contributed by atoms with E-state index >= 15 is 0 Å². The summed E-state index contributed by atoms with van der Waals surface area (Å²) in [5.41, 5.74) is 0. The highest BCUT2D eigenvalue weighted by Crippen LogP contribution is 2.38. The van der Waals surface area contributed by atoms with Crippen molar-refractivity contribution in [1.29, 1.82) is 0 Å². The topological polar surface area (TPSA) is 55.8 Å². The van der Waals surface area contributed by atoms with Crippen molar-refractivity contribution < 1.29 is 19.1 Å². The van der Waals surface area contributed by atoms with Crippen LogP contribution in [0.2, 0.25) is 18.1 Å². The van der Waals surface area contributed by atoms with Crippen molar-refractivity contribution in [2.24, 2.45) is 11.8 Å². The summed E-state index contributed by atoms with van der Waals surface area (Å²) in [5.74, 6) is 0.00674. The second kappa shape index (κ2) is 8.26. The predicted octanol–water partition coefficient (Wildman–Crippen LogP) is 3.68. The molecule has 132 valence electrons. The number of rotatable bonds is 7. The summed E-state index contributed by atoms with van der Waals surface area (Å²) in [5, 5.41) is 10.6. The maximum Gasteiger partial charge on any atom is 0.330 e. The monoisotopic (exact) mass is 340 g/mol. The van der Waals surface area contributed by atoms with E-state index in [1.165, 1.54) is 13.2 Å². The normalized spacial score (nSPS) is 23.4. The molecule has 0 aromatic rings. The quantitative estimate of drug-likeness (QED) is 0.332. The smallest absolute Gasteiger partial charge is 0.330 e. The van der Waals surface area contributed by atoms with Gasteiger partial charge in [-0.05, 0) is 36.9 Å². The molecule has 0 radical (unpaired) electrons. The van der Waals surface area contributed by atoms with Gasteiger partial charge in [-0.15, -0.1) is 0 Å². The maximum absolute atomic E-state index is 11.1. The Labute approximate surface area is 141 Å². The number of aliphatic hydroxyl groups excluding tert-OH is 1. The lowest BCUT2D eigenvalue weighted by Gasteiger charge is -2.37. The van der Waals surface area contributed by atoms with Crippen molar-refractivity contribution in [2.75, 3.05) is 13.7 Å². The van der Waals surface area contributed by atoms with E-state index in [9.17, 15) is 9.90 Å². The van der Waals surface area contributed by atoms with Crippen LogP contribution in [0.15, 0.2) is 24.3 Å². The molecular formula is C18H32O4Si. The fourth-order valence-electron chi connectivity index (χ4n) is 2.42. The summed E-state index contributed by atoms with van der Waals surface area (Å²) in [7, 11) is -0.427. The highest BCUT2D eigenvalue weighted by Gasteiger charge is 2.39. The zero-order valence-electron chi connectivity index (χ0n) is 15.3. The summed E-state index contributed by atoms with van der Waals surface area (Å²) in [6.45, 7) is 11.8. The van der Waals surface area contributed by atoms with Crippen LogP contribution in [0.4, 0.5) is 0 Å². The number of carbonyl (C=O) groups excluding carboxylic acids is 1. The average Bonchev–Trinajstić information content (AvgIpc) is 2.92. The standard InChI is InChI=1S/C18H32O4Si/c1-18(2,3)23(5,6)22-13-14-9-7-10-15(14)16(19)11-8-12-17(20)21-4/h7-9,12,14-16,19H,10-11,13H2,1-6H3/b12-8+/t14-,15+,16-/m1/s1. The number of allylic oxidation sites excluding steroid dienone is 1. The number of ether oxygens (including phenoxy) is 1. The Kier molecular flexibility index (Phi) is 7.23. The second-order valence-corrected chi connectivity index (χ2v) is 12.6. The van der Waals surface area contributed by atoms with E-state index in [0.717, 1.165) is 6.42 Å². The van der Waals surface area contributed by atoms with Crippen molar-refractivity contribution in [3.8, 4) is 0 Å². The van der Waals surface area contributed by atoms with Gasteiger partial charge in [-0.25, -0.2) is 4.79 Å². The Morgan fingerprint density at radius 3 is 2.65 bits per heavy atom. The number of hydrogen-bond donors (Lipinski definition) is 1. The van der Waals surface area contributed by atoms with Gasteiger partial charge in [-0.3, -0.25) is 0 Å². The number of aliphatic hydroxyl groups is 1. The third kappa shape index (κ3) is 5.90. The third-order valence-corrected chi connectivity index (χ3v) is 9.61. The lowest BCUT2D eigenvalue weighted by molar-refractivity contribution is -0.134. The highest BCUT2D eigenvalue weighted by molar-refractivity contribution is 6.74. The molecule has 1 rings (SSSR count). The fraction of sp³-hybridized carbons (Fsp3) is 0.722. The third-order valence-electron chi connectivity index (χ3n) is 5.11. The Balaban J connectivity index is 2.55. The maximum atomic E-state index is 11.1. The van der Waals surface area contributed by atoms with Crippen LogP contribution in [-0.2, 0) is 14.0 Å². The van der Waals surface area contributed by atoms with Crippen LogP contribution >= 0.6 is 0 Å². The first-order valence-corrected chi connectivity index (χ1v) is 11.2. The molecule has 0 unspecified atom stereocenters. The van der Waals surface area contributed by atoms with Gasteiger partial charge < -0.3 is 14.3 Å². The van der Waals surface area contributed by atoms with Crippen LogP contribution in [0, 0.1) is 11.8 Å². The summed E-state index contributed by atoms with van der Waals surface area (Å²) in [4.78, 5) is 11.1. The molecule has 0 fully saturated rings. The molecule has 0 aromatic carbocycles. The largest absolute Gasteiger partial charge is 0.466 e. The lowest BCUT2D eigenvalue weighted by Crippen LogP contribution is -2.42. The molecule has 3 atom stereocenters. The molecule has 1 N–H and O–H groups in total. The zero-order valence-corrected chi connectivity index (χ0v) is 16.3. The number of carbonyl (C=O) groups is 1. The minimum atomic E-state index is -1.77. The van der Waals surface area contributed by atoms with E-state index < -0.39 is 14.4 Å². The minimum absolute atomic E-state index is 0.155. The van der Waals surface area contributed by atoms with Crippen LogP contribution in [-0.4, -0.2) is 39.2 Å². The molecule has 1 aliphatic rings.